The molecule has 1 aromatic heterocycles. The number of hydrogen-bond donors (Lipinski definition) is 1. The molecule has 5 nitrogen and oxygen atoms in total. The lowest BCUT2D eigenvalue weighted by Crippen LogP contribution is -2.17. The fraction of sp³-hybridized carbons (Fsp3) is 0.133. The molecule has 2 aromatic rings. The smallest absolute Gasteiger partial charge is 0.340 e. The molecule has 0 fully saturated rings. The van der Waals surface area contributed by atoms with E-state index in [4.69, 9.17) is 4.74 Å². The Morgan fingerprint density at radius 1 is 1.29 bits per heavy atom. The minimum atomic E-state index is -0.510. The normalized spacial score (nSPS) is 10.0. The van der Waals surface area contributed by atoms with Gasteiger partial charge in [0.25, 0.3) is 0 Å². The van der Waals surface area contributed by atoms with Gasteiger partial charge in [0.15, 0.2) is 0 Å². The molecular formula is C15H13BrN2O3. The highest BCUT2D eigenvalue weighted by Gasteiger charge is 2.14. The molecule has 0 unspecified atom stereocenters. The highest BCUT2D eigenvalue weighted by molar-refractivity contribution is 9.10. The van der Waals surface area contributed by atoms with Crippen molar-refractivity contribution in [3.63, 3.8) is 0 Å². The number of benzene rings is 1. The van der Waals surface area contributed by atoms with Gasteiger partial charge in [-0.05, 0) is 30.3 Å². The third-order valence-electron chi connectivity index (χ3n) is 2.73. The van der Waals surface area contributed by atoms with Crippen molar-refractivity contribution in [2.24, 2.45) is 0 Å². The minimum absolute atomic E-state index is 0.136. The van der Waals surface area contributed by atoms with Crippen molar-refractivity contribution in [3.8, 4) is 0 Å². The zero-order valence-electron chi connectivity index (χ0n) is 11.3. The predicted molar refractivity (Wildman–Crippen MR) is 82.1 cm³/mol. The van der Waals surface area contributed by atoms with Crippen LogP contribution in [0.1, 0.15) is 16.1 Å². The number of carbonyl (C=O) groups is 2. The van der Waals surface area contributed by atoms with Crippen LogP contribution in [0.5, 0.6) is 0 Å². The van der Waals surface area contributed by atoms with Gasteiger partial charge in [0.2, 0.25) is 5.91 Å². The molecule has 1 aromatic carbocycles. The number of ether oxygens (including phenoxy) is 1. The molecule has 0 saturated heterocycles. The van der Waals surface area contributed by atoms with E-state index < -0.39 is 5.97 Å². The molecule has 2 rings (SSSR count). The van der Waals surface area contributed by atoms with Crippen molar-refractivity contribution in [1.29, 1.82) is 0 Å². The molecule has 0 aliphatic rings. The third-order valence-corrected chi connectivity index (χ3v) is 3.22. The summed E-state index contributed by atoms with van der Waals surface area (Å²) in [7, 11) is 1.29. The van der Waals surface area contributed by atoms with Crippen molar-refractivity contribution in [2.45, 2.75) is 6.42 Å². The number of nitrogens with zero attached hydrogens (tertiary/aromatic N) is 1. The van der Waals surface area contributed by atoms with E-state index in [-0.39, 0.29) is 12.3 Å². The number of nitrogens with one attached hydrogen (secondary N) is 1. The SMILES string of the molecule is COC(=O)c1cc(Br)ccc1NC(=O)Cc1ccccn1. The Kier molecular flexibility index (Phi) is 5.05. The van der Waals surface area contributed by atoms with Gasteiger partial charge < -0.3 is 10.1 Å². The topological polar surface area (TPSA) is 68.3 Å². The quantitative estimate of drug-likeness (QED) is 0.862. The van der Waals surface area contributed by atoms with Crippen LogP contribution in [0.3, 0.4) is 0 Å². The van der Waals surface area contributed by atoms with Crippen molar-refractivity contribution in [2.75, 3.05) is 12.4 Å². The zero-order chi connectivity index (χ0) is 15.2. The zero-order valence-corrected chi connectivity index (χ0v) is 12.9. The summed E-state index contributed by atoms with van der Waals surface area (Å²) < 4.78 is 5.44. The first-order valence-electron chi connectivity index (χ1n) is 6.18. The van der Waals surface area contributed by atoms with Gasteiger partial charge >= 0.3 is 5.97 Å². The van der Waals surface area contributed by atoms with E-state index in [0.29, 0.717) is 16.9 Å². The van der Waals surface area contributed by atoms with Crippen LogP contribution in [0.2, 0.25) is 0 Å². The van der Waals surface area contributed by atoms with Crippen molar-refractivity contribution < 1.29 is 14.3 Å². The summed E-state index contributed by atoms with van der Waals surface area (Å²) >= 11 is 3.28. The lowest BCUT2D eigenvalue weighted by molar-refractivity contribution is -0.115. The molecule has 0 atom stereocenters. The molecule has 0 bridgehead atoms. The monoisotopic (exact) mass is 348 g/mol. The molecule has 0 aliphatic heterocycles. The molecule has 0 spiro atoms. The third kappa shape index (κ3) is 4.13. The summed E-state index contributed by atoms with van der Waals surface area (Å²) in [5.74, 6) is -0.759. The van der Waals surface area contributed by atoms with Gasteiger partial charge in [-0.3, -0.25) is 9.78 Å². The molecule has 0 radical (unpaired) electrons. The molecule has 1 N–H and O–H groups in total. The average molecular weight is 349 g/mol. The molecule has 1 amide bonds. The van der Waals surface area contributed by atoms with E-state index in [1.807, 2.05) is 6.07 Å². The van der Waals surface area contributed by atoms with Gasteiger partial charge in [0.05, 0.1) is 24.8 Å². The average Bonchev–Trinajstić information content (AvgIpc) is 2.49. The number of carbonyl (C=O) groups excluding carboxylic acids is 2. The van der Waals surface area contributed by atoms with Crippen LogP contribution in [0.4, 0.5) is 5.69 Å². The van der Waals surface area contributed by atoms with E-state index in [0.717, 1.165) is 4.47 Å². The van der Waals surface area contributed by atoms with Gasteiger partial charge in [-0.1, -0.05) is 22.0 Å². The number of esters is 1. The fourth-order valence-corrected chi connectivity index (χ4v) is 2.13. The molecule has 1 heterocycles. The maximum atomic E-state index is 12.0. The van der Waals surface area contributed by atoms with Crippen LogP contribution in [-0.2, 0) is 16.0 Å². The molecule has 21 heavy (non-hydrogen) atoms. The summed E-state index contributed by atoms with van der Waals surface area (Å²) in [5.41, 5.74) is 1.36. The molecule has 6 heteroatoms. The fourth-order valence-electron chi connectivity index (χ4n) is 1.77. The van der Waals surface area contributed by atoms with Crippen LogP contribution in [0, 0.1) is 0 Å². The van der Waals surface area contributed by atoms with Crippen LogP contribution in [0.15, 0.2) is 47.1 Å². The Morgan fingerprint density at radius 2 is 2.10 bits per heavy atom. The lowest BCUT2D eigenvalue weighted by atomic mass is 10.1. The number of halogens is 1. The van der Waals surface area contributed by atoms with Crippen molar-refractivity contribution in [1.82, 2.24) is 4.98 Å². The van der Waals surface area contributed by atoms with Gasteiger partial charge in [0.1, 0.15) is 0 Å². The van der Waals surface area contributed by atoms with Crippen LogP contribution in [-0.4, -0.2) is 24.0 Å². The van der Waals surface area contributed by atoms with E-state index >= 15 is 0 Å². The lowest BCUT2D eigenvalue weighted by Gasteiger charge is -2.10. The molecule has 108 valence electrons. The molecule has 0 saturated carbocycles. The van der Waals surface area contributed by atoms with Gasteiger partial charge in [-0.2, -0.15) is 0 Å². The van der Waals surface area contributed by atoms with Crippen LogP contribution < -0.4 is 5.32 Å². The van der Waals surface area contributed by atoms with E-state index in [9.17, 15) is 9.59 Å². The minimum Gasteiger partial charge on any atom is -0.465 e. The first-order valence-corrected chi connectivity index (χ1v) is 6.97. The molecule has 0 aliphatic carbocycles. The second kappa shape index (κ2) is 6.99. The highest BCUT2D eigenvalue weighted by Crippen LogP contribution is 2.22. The summed E-state index contributed by atoms with van der Waals surface area (Å²) in [4.78, 5) is 27.8. The molecular weight excluding hydrogens is 336 g/mol. The maximum Gasteiger partial charge on any atom is 0.340 e. The highest BCUT2D eigenvalue weighted by atomic mass is 79.9. The van der Waals surface area contributed by atoms with Crippen molar-refractivity contribution >= 4 is 33.5 Å². The largest absolute Gasteiger partial charge is 0.465 e. The Morgan fingerprint density at radius 3 is 2.76 bits per heavy atom. The number of amides is 1. The second-order valence-corrected chi connectivity index (χ2v) is 5.14. The van der Waals surface area contributed by atoms with E-state index in [2.05, 4.69) is 26.2 Å². The van der Waals surface area contributed by atoms with Crippen LogP contribution in [0.25, 0.3) is 0 Å². The Balaban J connectivity index is 2.15. The van der Waals surface area contributed by atoms with Gasteiger partial charge in [0, 0.05) is 16.4 Å². The number of anilines is 1. The number of methoxy groups -OCH3 is 1. The maximum absolute atomic E-state index is 12.0. The Hall–Kier alpha value is -2.21. The number of pyridine rings is 1. The Labute approximate surface area is 130 Å². The first kappa shape index (κ1) is 15.2. The Bertz CT molecular complexity index is 659. The number of aromatic nitrogens is 1. The summed E-state index contributed by atoms with van der Waals surface area (Å²) in [6.45, 7) is 0. The van der Waals surface area contributed by atoms with E-state index in [1.54, 1.807) is 36.5 Å². The summed E-state index contributed by atoms with van der Waals surface area (Å²) in [5, 5.41) is 2.70. The van der Waals surface area contributed by atoms with Crippen LogP contribution >= 0.6 is 15.9 Å². The van der Waals surface area contributed by atoms with Crippen molar-refractivity contribution in [3.05, 3.63) is 58.3 Å². The number of rotatable bonds is 4. The first-order chi connectivity index (χ1) is 10.1. The van der Waals surface area contributed by atoms with Gasteiger partial charge in [-0.25, -0.2) is 4.79 Å². The number of hydrogen-bond acceptors (Lipinski definition) is 4. The second-order valence-electron chi connectivity index (χ2n) is 4.23. The summed E-state index contributed by atoms with van der Waals surface area (Å²) in [6.07, 6.45) is 1.76. The predicted octanol–water partition coefficient (Wildman–Crippen LogP) is 2.81. The van der Waals surface area contributed by atoms with E-state index in [1.165, 1.54) is 7.11 Å². The van der Waals surface area contributed by atoms with Gasteiger partial charge in [-0.15, -0.1) is 0 Å². The standard InChI is InChI=1S/C15H13BrN2O3/c1-21-15(20)12-8-10(16)5-6-13(12)18-14(19)9-11-4-2-3-7-17-11/h2-8H,9H2,1H3,(H,18,19). The summed E-state index contributed by atoms with van der Waals surface area (Å²) in [6, 6.07) is 10.3.